The Morgan fingerprint density at radius 1 is 1.52 bits per heavy atom. The number of hydrogen-bond donors (Lipinski definition) is 2. The summed E-state index contributed by atoms with van der Waals surface area (Å²) in [7, 11) is 0. The second kappa shape index (κ2) is 6.12. The average Bonchev–Trinajstić information content (AvgIpc) is 3.08. The molecule has 1 aliphatic rings. The lowest BCUT2D eigenvalue weighted by Gasteiger charge is -2.09. The molecule has 1 aromatic carbocycles. The van der Waals surface area contributed by atoms with E-state index in [2.05, 4.69) is 10.6 Å². The number of benzene rings is 1. The summed E-state index contributed by atoms with van der Waals surface area (Å²) < 4.78 is 14.7. The summed E-state index contributed by atoms with van der Waals surface area (Å²) in [6.07, 6.45) is 2.18. The van der Waals surface area contributed by atoms with E-state index in [1.165, 1.54) is 23.8 Å². The number of hydrogen-bond acceptors (Lipinski definition) is 3. The van der Waals surface area contributed by atoms with Gasteiger partial charge in [0.05, 0.1) is 4.88 Å². The molecule has 5 heteroatoms. The molecule has 2 N–H and O–H groups in total. The Morgan fingerprint density at radius 2 is 2.38 bits per heavy atom. The predicted molar refractivity (Wildman–Crippen MR) is 84.4 cm³/mol. The maximum Gasteiger partial charge on any atom is 0.261 e. The molecule has 0 aliphatic carbocycles. The van der Waals surface area contributed by atoms with E-state index in [1.54, 1.807) is 6.07 Å². The van der Waals surface area contributed by atoms with Crippen molar-refractivity contribution >= 4 is 27.3 Å². The van der Waals surface area contributed by atoms with Gasteiger partial charge in [0, 0.05) is 16.6 Å². The van der Waals surface area contributed by atoms with E-state index in [4.69, 9.17) is 0 Å². The standard InChI is InChI=1S/C16H19FN2OS/c1-10-14-12(17)3-2-4-13(14)21-15(10)16(20)19-8-6-11-5-7-18-9-11/h2-4,11,18H,5-9H2,1H3,(H,19,20). The molecule has 1 atom stereocenters. The maximum absolute atomic E-state index is 13.8. The van der Waals surface area contributed by atoms with Crippen molar-refractivity contribution < 1.29 is 9.18 Å². The van der Waals surface area contributed by atoms with Crippen molar-refractivity contribution in [1.29, 1.82) is 0 Å². The van der Waals surface area contributed by atoms with Gasteiger partial charge in [-0.25, -0.2) is 4.39 Å². The number of aryl methyl sites for hydroxylation is 1. The molecule has 3 nitrogen and oxygen atoms in total. The van der Waals surface area contributed by atoms with E-state index in [1.807, 2.05) is 13.0 Å². The molecular weight excluding hydrogens is 287 g/mol. The fraction of sp³-hybridized carbons (Fsp3) is 0.438. The van der Waals surface area contributed by atoms with Crippen LogP contribution in [0.15, 0.2) is 18.2 Å². The molecule has 1 aliphatic heterocycles. The molecular formula is C16H19FN2OS. The Morgan fingerprint density at radius 3 is 3.10 bits per heavy atom. The van der Waals surface area contributed by atoms with Crippen molar-refractivity contribution in [2.24, 2.45) is 5.92 Å². The highest BCUT2D eigenvalue weighted by molar-refractivity contribution is 7.21. The van der Waals surface area contributed by atoms with Crippen LogP contribution in [0.1, 0.15) is 28.1 Å². The summed E-state index contributed by atoms with van der Waals surface area (Å²) in [5, 5.41) is 6.87. The molecule has 3 rings (SSSR count). The second-order valence-corrected chi connectivity index (χ2v) is 6.62. The lowest BCUT2D eigenvalue weighted by atomic mass is 10.1. The molecule has 1 aromatic heterocycles. The summed E-state index contributed by atoms with van der Waals surface area (Å²) in [5.41, 5.74) is 0.744. The summed E-state index contributed by atoms with van der Waals surface area (Å²) in [4.78, 5) is 12.9. The van der Waals surface area contributed by atoms with Gasteiger partial charge < -0.3 is 10.6 Å². The molecule has 1 amide bonds. The van der Waals surface area contributed by atoms with E-state index in [0.29, 0.717) is 22.7 Å². The van der Waals surface area contributed by atoms with Gasteiger partial charge in [0.25, 0.3) is 5.91 Å². The number of thiophene rings is 1. The third-order valence-electron chi connectivity index (χ3n) is 4.11. The second-order valence-electron chi connectivity index (χ2n) is 5.57. The molecule has 112 valence electrons. The molecule has 0 radical (unpaired) electrons. The number of halogens is 1. The highest BCUT2D eigenvalue weighted by Gasteiger charge is 2.18. The van der Waals surface area contributed by atoms with Gasteiger partial charge in [0.15, 0.2) is 0 Å². The van der Waals surface area contributed by atoms with Crippen molar-refractivity contribution in [2.45, 2.75) is 19.8 Å². The molecule has 1 fully saturated rings. The van der Waals surface area contributed by atoms with Crippen LogP contribution in [0.4, 0.5) is 4.39 Å². The number of nitrogens with one attached hydrogen (secondary N) is 2. The maximum atomic E-state index is 13.8. The highest BCUT2D eigenvalue weighted by Crippen LogP contribution is 2.32. The molecule has 2 aromatic rings. The van der Waals surface area contributed by atoms with Crippen molar-refractivity contribution in [3.05, 3.63) is 34.5 Å². The van der Waals surface area contributed by atoms with Crippen LogP contribution in [0, 0.1) is 18.7 Å². The molecule has 0 spiro atoms. The van der Waals surface area contributed by atoms with Gasteiger partial charge in [-0.05, 0) is 56.5 Å². The topological polar surface area (TPSA) is 41.1 Å². The normalized spacial score (nSPS) is 18.3. The van der Waals surface area contributed by atoms with Crippen LogP contribution >= 0.6 is 11.3 Å². The Balaban J connectivity index is 1.69. The Bertz CT molecular complexity index is 662. The smallest absolute Gasteiger partial charge is 0.261 e. The van der Waals surface area contributed by atoms with Crippen LogP contribution in [-0.2, 0) is 0 Å². The van der Waals surface area contributed by atoms with Crippen molar-refractivity contribution in [3.63, 3.8) is 0 Å². The first-order valence-electron chi connectivity index (χ1n) is 7.33. The molecule has 0 bridgehead atoms. The zero-order chi connectivity index (χ0) is 14.8. The van der Waals surface area contributed by atoms with E-state index in [-0.39, 0.29) is 11.7 Å². The zero-order valence-corrected chi connectivity index (χ0v) is 12.9. The summed E-state index contributed by atoms with van der Waals surface area (Å²) in [5.74, 6) is 0.322. The molecule has 1 unspecified atom stereocenters. The van der Waals surface area contributed by atoms with Crippen LogP contribution in [0.2, 0.25) is 0 Å². The Kier molecular flexibility index (Phi) is 4.22. The van der Waals surface area contributed by atoms with E-state index in [0.717, 1.165) is 29.8 Å². The zero-order valence-electron chi connectivity index (χ0n) is 12.0. The quantitative estimate of drug-likeness (QED) is 0.911. The van der Waals surface area contributed by atoms with Gasteiger partial charge in [-0.3, -0.25) is 4.79 Å². The molecule has 0 saturated carbocycles. The number of carbonyl (C=O) groups excluding carboxylic acids is 1. The lowest BCUT2D eigenvalue weighted by Crippen LogP contribution is -2.26. The fourth-order valence-corrected chi connectivity index (χ4v) is 4.04. The van der Waals surface area contributed by atoms with Crippen LogP contribution in [-0.4, -0.2) is 25.5 Å². The van der Waals surface area contributed by atoms with Crippen LogP contribution in [0.5, 0.6) is 0 Å². The van der Waals surface area contributed by atoms with E-state index >= 15 is 0 Å². The lowest BCUT2D eigenvalue weighted by molar-refractivity contribution is 0.0955. The first kappa shape index (κ1) is 14.5. The number of fused-ring (bicyclic) bond motifs is 1. The van der Waals surface area contributed by atoms with Gasteiger partial charge in [0.1, 0.15) is 5.82 Å². The molecule has 1 saturated heterocycles. The average molecular weight is 306 g/mol. The Hall–Kier alpha value is -1.46. The largest absolute Gasteiger partial charge is 0.351 e. The van der Waals surface area contributed by atoms with Gasteiger partial charge >= 0.3 is 0 Å². The van der Waals surface area contributed by atoms with Crippen molar-refractivity contribution in [1.82, 2.24) is 10.6 Å². The van der Waals surface area contributed by atoms with Crippen LogP contribution in [0.3, 0.4) is 0 Å². The van der Waals surface area contributed by atoms with Crippen LogP contribution in [0.25, 0.3) is 10.1 Å². The Labute approximate surface area is 127 Å². The van der Waals surface area contributed by atoms with Gasteiger partial charge in [-0.1, -0.05) is 6.07 Å². The SMILES string of the molecule is Cc1c(C(=O)NCCC2CCNC2)sc2cccc(F)c12. The summed E-state index contributed by atoms with van der Waals surface area (Å²) >= 11 is 1.36. The minimum absolute atomic E-state index is 0.0842. The van der Waals surface area contributed by atoms with Crippen molar-refractivity contribution in [2.75, 3.05) is 19.6 Å². The van der Waals surface area contributed by atoms with E-state index < -0.39 is 0 Å². The minimum Gasteiger partial charge on any atom is -0.351 e. The third kappa shape index (κ3) is 2.94. The third-order valence-corrected chi connectivity index (χ3v) is 5.37. The number of amides is 1. The highest BCUT2D eigenvalue weighted by atomic mass is 32.1. The first-order chi connectivity index (χ1) is 10.2. The minimum atomic E-state index is -0.252. The number of rotatable bonds is 4. The fourth-order valence-electron chi connectivity index (χ4n) is 2.90. The number of carbonyl (C=O) groups is 1. The van der Waals surface area contributed by atoms with Gasteiger partial charge in [-0.2, -0.15) is 0 Å². The first-order valence-corrected chi connectivity index (χ1v) is 8.15. The van der Waals surface area contributed by atoms with Gasteiger partial charge in [-0.15, -0.1) is 11.3 Å². The molecule has 21 heavy (non-hydrogen) atoms. The van der Waals surface area contributed by atoms with Crippen molar-refractivity contribution in [3.8, 4) is 0 Å². The molecule has 2 heterocycles. The summed E-state index contributed by atoms with van der Waals surface area (Å²) in [6, 6.07) is 4.98. The van der Waals surface area contributed by atoms with E-state index in [9.17, 15) is 9.18 Å². The monoisotopic (exact) mass is 306 g/mol. The van der Waals surface area contributed by atoms with Crippen LogP contribution < -0.4 is 10.6 Å². The summed E-state index contributed by atoms with van der Waals surface area (Å²) in [6.45, 7) is 4.62. The predicted octanol–water partition coefficient (Wildman–Crippen LogP) is 3.08. The van der Waals surface area contributed by atoms with Gasteiger partial charge in [0.2, 0.25) is 0 Å².